The lowest BCUT2D eigenvalue weighted by atomic mass is 9.97. The number of carboxylic acid groups (broad SMARTS) is 1. The molecule has 0 amide bonds. The quantitative estimate of drug-likeness (QED) is 0.354. The molecule has 2 aromatic rings. The summed E-state index contributed by atoms with van der Waals surface area (Å²) < 4.78 is 18.3. The molecule has 1 aromatic carbocycles. The Labute approximate surface area is 189 Å². The van der Waals surface area contributed by atoms with Crippen LogP contribution in [-0.4, -0.2) is 57.6 Å². The average molecular weight is 509 g/mol. The molecular weight excluding hydrogens is 492 g/mol. The van der Waals surface area contributed by atoms with Gasteiger partial charge in [0.05, 0.1) is 12.6 Å². The lowest BCUT2D eigenvalue weighted by molar-refractivity contribution is -0.297. The van der Waals surface area contributed by atoms with Crippen LogP contribution in [0.3, 0.4) is 0 Å². The van der Waals surface area contributed by atoms with Crippen molar-refractivity contribution in [3.8, 4) is 0 Å². The predicted octanol–water partition coefficient (Wildman–Crippen LogP) is 3.51. The molecule has 0 spiro atoms. The van der Waals surface area contributed by atoms with Crippen molar-refractivity contribution in [3.63, 3.8) is 0 Å². The molecule has 0 bridgehead atoms. The monoisotopic (exact) mass is 508 g/mol. The Hall–Kier alpha value is -2.18. The van der Waals surface area contributed by atoms with Crippen LogP contribution < -0.4 is 0 Å². The van der Waals surface area contributed by atoms with Gasteiger partial charge in [-0.3, -0.25) is 0 Å². The number of carbonyl (C=O) groups is 1. The second kappa shape index (κ2) is 9.53. The molecule has 1 aromatic heterocycles. The normalized spacial score (nSPS) is 30.1. The number of aliphatic hydroxyl groups is 1. The molecule has 10 nitrogen and oxygen atoms in total. The van der Waals surface area contributed by atoms with Gasteiger partial charge >= 0.3 is 5.97 Å². The van der Waals surface area contributed by atoms with Crippen molar-refractivity contribution in [2.75, 3.05) is 6.61 Å². The number of hydrogen-bond donors (Lipinski definition) is 2. The molecule has 2 fully saturated rings. The van der Waals surface area contributed by atoms with Crippen LogP contribution >= 0.6 is 27.7 Å². The number of hydrogen-bond acceptors (Lipinski definition) is 8. The molecule has 3 unspecified atom stereocenters. The minimum Gasteiger partial charge on any atom is -0.476 e. The fraction of sp³-hybridized carbons (Fsp3) is 0.368. The minimum atomic E-state index is -1.25. The smallest absolute Gasteiger partial charge is 0.355 e. The number of thioether (sulfide) groups is 1. The Morgan fingerprint density at radius 2 is 2.10 bits per heavy atom. The van der Waals surface area contributed by atoms with Gasteiger partial charge in [-0.25, -0.2) is 9.78 Å². The first-order valence-electron chi connectivity index (χ1n) is 9.23. The average Bonchev–Trinajstić information content (AvgIpc) is 2.77. The number of nitrogens with zero attached hydrogens (tertiary/aromatic N) is 4. The van der Waals surface area contributed by atoms with Crippen molar-refractivity contribution in [1.82, 2.24) is 4.98 Å². The number of pyridine rings is 1. The Kier molecular flexibility index (Phi) is 6.77. The van der Waals surface area contributed by atoms with E-state index in [0.717, 1.165) is 17.3 Å². The fourth-order valence-electron chi connectivity index (χ4n) is 3.44. The number of benzene rings is 1. The Morgan fingerprint density at radius 3 is 2.81 bits per heavy atom. The molecule has 3 heterocycles. The van der Waals surface area contributed by atoms with Gasteiger partial charge in [0.1, 0.15) is 23.7 Å². The lowest BCUT2D eigenvalue weighted by Crippen LogP contribution is -2.60. The summed E-state index contributed by atoms with van der Waals surface area (Å²) in [5.41, 5.74) is 8.75. The number of carboxylic acids is 1. The van der Waals surface area contributed by atoms with Gasteiger partial charge in [-0.2, -0.15) is 0 Å². The molecule has 162 valence electrons. The third-order valence-corrected chi connectivity index (χ3v) is 6.48. The van der Waals surface area contributed by atoms with E-state index in [1.54, 1.807) is 6.07 Å². The standard InChI is InChI=1S/C19H17BrN4O6S/c20-10-6-12(13(17(26)27)22-7-10)31-19-15(25)14(23-24-21)16-11(29-19)8-28-18(30-16)9-4-2-1-3-5-9/h1-7,11,14-16,18-19,25H,8H2,(H,26,27)/t11?,14-,15?,16+,18?,19-/m1/s1. The number of aromatic carboxylic acids is 1. The summed E-state index contributed by atoms with van der Waals surface area (Å²) in [4.78, 5) is 18.6. The number of halogens is 1. The zero-order valence-electron chi connectivity index (χ0n) is 15.8. The molecule has 31 heavy (non-hydrogen) atoms. The number of aromatic nitrogens is 1. The van der Waals surface area contributed by atoms with Crippen LogP contribution in [0.25, 0.3) is 10.4 Å². The second-order valence-corrected chi connectivity index (χ2v) is 8.88. The topological polar surface area (TPSA) is 147 Å². The van der Waals surface area contributed by atoms with Gasteiger partial charge in [0.2, 0.25) is 0 Å². The molecular formula is C19H17BrN4O6S. The van der Waals surface area contributed by atoms with Crippen molar-refractivity contribution < 1.29 is 29.2 Å². The van der Waals surface area contributed by atoms with E-state index in [9.17, 15) is 15.0 Å². The first-order chi connectivity index (χ1) is 15.0. The molecule has 0 radical (unpaired) electrons. The van der Waals surface area contributed by atoms with Crippen LogP contribution in [0.4, 0.5) is 0 Å². The summed E-state index contributed by atoms with van der Waals surface area (Å²) in [5.74, 6) is -1.21. The van der Waals surface area contributed by atoms with Crippen molar-refractivity contribution in [1.29, 1.82) is 0 Å². The van der Waals surface area contributed by atoms with Crippen LogP contribution in [0.5, 0.6) is 0 Å². The molecule has 6 atom stereocenters. The van der Waals surface area contributed by atoms with Gasteiger partial charge in [-0.1, -0.05) is 47.2 Å². The van der Waals surface area contributed by atoms with Crippen LogP contribution in [0, 0.1) is 0 Å². The first-order valence-corrected chi connectivity index (χ1v) is 10.9. The number of azide groups is 1. The van der Waals surface area contributed by atoms with Crippen LogP contribution in [-0.2, 0) is 14.2 Å². The molecule has 2 saturated heterocycles. The number of ether oxygens (including phenoxy) is 3. The number of aliphatic hydroxyl groups excluding tert-OH is 1. The summed E-state index contributed by atoms with van der Waals surface area (Å²) in [6, 6.07) is 9.89. The van der Waals surface area contributed by atoms with Gasteiger partial charge in [0, 0.05) is 26.0 Å². The Morgan fingerprint density at radius 1 is 1.32 bits per heavy atom. The van der Waals surface area contributed by atoms with Gasteiger partial charge in [0.15, 0.2) is 12.0 Å². The summed E-state index contributed by atoms with van der Waals surface area (Å²) in [5, 5.41) is 24.1. The van der Waals surface area contributed by atoms with Crippen molar-refractivity contribution in [3.05, 3.63) is 68.8 Å². The molecule has 2 N–H and O–H groups in total. The van der Waals surface area contributed by atoms with E-state index in [2.05, 4.69) is 30.9 Å². The summed E-state index contributed by atoms with van der Waals surface area (Å²) in [6.45, 7) is 0.147. The third-order valence-electron chi connectivity index (χ3n) is 4.86. The van der Waals surface area contributed by atoms with E-state index in [4.69, 9.17) is 19.7 Å². The second-order valence-electron chi connectivity index (χ2n) is 6.83. The highest BCUT2D eigenvalue weighted by molar-refractivity contribution is 9.10. The maximum absolute atomic E-state index is 11.5. The third kappa shape index (κ3) is 4.70. The largest absolute Gasteiger partial charge is 0.476 e. The highest BCUT2D eigenvalue weighted by Crippen LogP contribution is 2.41. The summed E-state index contributed by atoms with van der Waals surface area (Å²) >= 11 is 4.25. The maximum atomic E-state index is 11.5. The van der Waals surface area contributed by atoms with Crippen LogP contribution in [0.15, 0.2) is 57.1 Å². The lowest BCUT2D eigenvalue weighted by Gasteiger charge is -2.46. The van der Waals surface area contributed by atoms with E-state index < -0.39 is 42.0 Å². The van der Waals surface area contributed by atoms with Gasteiger partial charge in [0.25, 0.3) is 0 Å². The van der Waals surface area contributed by atoms with Crippen LogP contribution in [0.2, 0.25) is 0 Å². The molecule has 2 aliphatic rings. The molecule has 2 aliphatic heterocycles. The van der Waals surface area contributed by atoms with E-state index in [-0.39, 0.29) is 12.3 Å². The zero-order valence-corrected chi connectivity index (χ0v) is 18.2. The molecule has 0 aliphatic carbocycles. The fourth-order valence-corrected chi connectivity index (χ4v) is 5.12. The predicted molar refractivity (Wildman–Crippen MR) is 112 cm³/mol. The first kappa shape index (κ1) is 22.0. The Bertz CT molecular complexity index is 1010. The van der Waals surface area contributed by atoms with Crippen molar-refractivity contribution >= 4 is 33.7 Å². The zero-order chi connectivity index (χ0) is 22.0. The van der Waals surface area contributed by atoms with E-state index in [1.165, 1.54) is 6.20 Å². The van der Waals surface area contributed by atoms with Gasteiger partial charge in [-0.15, -0.1) is 0 Å². The summed E-state index contributed by atoms with van der Waals surface area (Å²) in [7, 11) is 0. The summed E-state index contributed by atoms with van der Waals surface area (Å²) in [6.07, 6.45) is -1.92. The maximum Gasteiger partial charge on any atom is 0.355 e. The van der Waals surface area contributed by atoms with Gasteiger partial charge < -0.3 is 24.4 Å². The number of rotatable bonds is 5. The van der Waals surface area contributed by atoms with E-state index in [1.807, 2.05) is 30.3 Å². The van der Waals surface area contributed by atoms with Crippen molar-refractivity contribution in [2.24, 2.45) is 5.11 Å². The highest BCUT2D eigenvalue weighted by atomic mass is 79.9. The van der Waals surface area contributed by atoms with E-state index >= 15 is 0 Å². The Balaban J connectivity index is 1.58. The highest BCUT2D eigenvalue weighted by Gasteiger charge is 2.49. The van der Waals surface area contributed by atoms with E-state index in [0.29, 0.717) is 9.37 Å². The molecule has 12 heteroatoms. The van der Waals surface area contributed by atoms with Crippen LogP contribution in [0.1, 0.15) is 22.3 Å². The van der Waals surface area contributed by atoms with Gasteiger partial charge in [-0.05, 0) is 27.5 Å². The van der Waals surface area contributed by atoms with Crippen molar-refractivity contribution in [2.45, 2.75) is 41.0 Å². The number of fused-ring (bicyclic) bond motifs is 1. The minimum absolute atomic E-state index is 0.147. The SMILES string of the molecule is [N-]=[N+]=N[C@@H]1C(O)[C@@H](Sc2cc(Br)cnc2C(=O)O)OC2COC(c3ccccc3)O[C@@H]21. The molecule has 0 saturated carbocycles. The molecule has 4 rings (SSSR count).